The average molecular weight is 624 g/mol. The topological polar surface area (TPSA) is 151 Å². The minimum absolute atomic E-state index is 0.0708. The lowest BCUT2D eigenvalue weighted by atomic mass is 9.65. The van der Waals surface area contributed by atoms with E-state index in [-0.39, 0.29) is 36.3 Å². The van der Waals surface area contributed by atoms with Gasteiger partial charge in [0.1, 0.15) is 6.04 Å². The summed E-state index contributed by atoms with van der Waals surface area (Å²) in [6.45, 7) is 4.18. The van der Waals surface area contributed by atoms with Gasteiger partial charge in [-0.3, -0.25) is 14.4 Å². The summed E-state index contributed by atoms with van der Waals surface area (Å²) in [6.07, 6.45) is 3.42. The molecule has 1 aromatic heterocycles. The van der Waals surface area contributed by atoms with E-state index in [0.29, 0.717) is 42.1 Å². The fourth-order valence-corrected chi connectivity index (χ4v) is 7.55. The number of fused-ring (bicyclic) bond motifs is 3. The van der Waals surface area contributed by atoms with Gasteiger partial charge in [0, 0.05) is 50.9 Å². The number of amides is 3. The smallest absolute Gasteiger partial charge is 0.253 e. The molecule has 0 spiro atoms. The molecular formula is C34H41N9O3. The molecule has 0 radical (unpaired) electrons. The Morgan fingerprint density at radius 1 is 1.00 bits per heavy atom. The van der Waals surface area contributed by atoms with Crippen LogP contribution in [0.2, 0.25) is 0 Å². The highest BCUT2D eigenvalue weighted by Gasteiger charge is 2.54. The van der Waals surface area contributed by atoms with Crippen molar-refractivity contribution in [2.75, 3.05) is 34.7 Å². The quantitative estimate of drug-likeness (QED) is 0.388. The van der Waals surface area contributed by atoms with Crippen molar-refractivity contribution in [1.29, 1.82) is 5.26 Å². The summed E-state index contributed by atoms with van der Waals surface area (Å²) in [4.78, 5) is 44.4. The van der Waals surface area contributed by atoms with E-state index in [9.17, 15) is 19.6 Å². The molecule has 3 amide bonds. The van der Waals surface area contributed by atoms with Crippen LogP contribution in [0.1, 0.15) is 81.9 Å². The minimum Gasteiger partial charge on any atom is -0.345 e. The van der Waals surface area contributed by atoms with E-state index < -0.39 is 11.0 Å². The van der Waals surface area contributed by atoms with Crippen LogP contribution in [0.15, 0.2) is 36.4 Å². The van der Waals surface area contributed by atoms with Crippen LogP contribution in [0.25, 0.3) is 0 Å². The Bertz CT molecular complexity index is 1650. The predicted molar refractivity (Wildman–Crippen MR) is 170 cm³/mol. The molecule has 1 saturated heterocycles. The molecule has 12 nitrogen and oxygen atoms in total. The molecule has 0 bridgehead atoms. The van der Waals surface area contributed by atoms with Gasteiger partial charge in [-0.2, -0.15) is 10.5 Å². The third-order valence-electron chi connectivity index (χ3n) is 9.79. The molecule has 6 rings (SSSR count). The first-order chi connectivity index (χ1) is 21.9. The SMILES string of the molecule is CN(C)C(=O)c1ccc2c(c1)CCc1cc(C(=O)N(C)C)ccc1C2(CC(C)(C)NCC(=O)N1[C@H](C#N)C[C@@H]2C[C@@H]21)c1nn[nH]n1. The molecule has 2 heterocycles. The highest BCUT2D eigenvalue weighted by Crippen LogP contribution is 2.49. The number of nitrogens with one attached hydrogen (secondary N) is 2. The van der Waals surface area contributed by atoms with Crippen LogP contribution in [-0.4, -0.2) is 105 Å². The van der Waals surface area contributed by atoms with E-state index >= 15 is 0 Å². The average Bonchev–Trinajstić information content (AvgIpc) is 3.42. The van der Waals surface area contributed by atoms with Crippen LogP contribution in [-0.2, 0) is 23.1 Å². The van der Waals surface area contributed by atoms with Crippen LogP contribution in [0.4, 0.5) is 0 Å². The summed E-state index contributed by atoms with van der Waals surface area (Å²) in [6, 6.07) is 13.7. The summed E-state index contributed by atoms with van der Waals surface area (Å²) in [7, 11) is 6.93. The summed E-state index contributed by atoms with van der Waals surface area (Å²) in [5.41, 5.74) is 3.43. The maximum atomic E-state index is 13.5. The van der Waals surface area contributed by atoms with Crippen molar-refractivity contribution >= 4 is 17.7 Å². The standard InChI is InChI=1S/C34H41N9O3/c1-33(2,36-18-29(44)43-25(17-35)15-24-16-28(24)43)19-34(32-37-39-40-38-32)26-11-9-22(30(45)41(3)4)13-20(26)7-8-21-14-23(10-12-27(21)34)31(46)42(5)6/h9-14,24-25,28,36H,7-8,15-16,18-19H2,1-6H3,(H,37,38,39,40)/t24-,25+,28+/m1/s1. The number of likely N-dealkylation sites (tertiary alicyclic amines) is 1. The molecule has 3 aliphatic rings. The first-order valence-corrected chi connectivity index (χ1v) is 15.8. The number of tetrazole rings is 1. The number of rotatable bonds is 8. The normalized spacial score (nSPS) is 20.9. The second-order valence-electron chi connectivity index (χ2n) is 13.9. The lowest BCUT2D eigenvalue weighted by molar-refractivity contribution is -0.131. The lowest BCUT2D eigenvalue weighted by Gasteiger charge is -2.41. The predicted octanol–water partition coefficient (Wildman–Crippen LogP) is 2.31. The van der Waals surface area contributed by atoms with Crippen molar-refractivity contribution in [3.05, 3.63) is 75.6 Å². The number of carbonyl (C=O) groups excluding carboxylic acids is 3. The first-order valence-electron chi connectivity index (χ1n) is 15.8. The van der Waals surface area contributed by atoms with E-state index in [2.05, 4.69) is 32.0 Å². The Morgan fingerprint density at radius 3 is 2.09 bits per heavy atom. The van der Waals surface area contributed by atoms with Gasteiger partial charge in [0.2, 0.25) is 5.91 Å². The molecular weight excluding hydrogens is 582 g/mol. The fourth-order valence-electron chi connectivity index (χ4n) is 7.55. The summed E-state index contributed by atoms with van der Waals surface area (Å²) < 4.78 is 0. The van der Waals surface area contributed by atoms with Gasteiger partial charge in [-0.15, -0.1) is 10.2 Å². The number of carbonyl (C=O) groups is 3. The van der Waals surface area contributed by atoms with Crippen LogP contribution >= 0.6 is 0 Å². The monoisotopic (exact) mass is 623 g/mol. The van der Waals surface area contributed by atoms with Gasteiger partial charge < -0.3 is 20.0 Å². The van der Waals surface area contributed by atoms with Crippen molar-refractivity contribution < 1.29 is 14.4 Å². The molecule has 46 heavy (non-hydrogen) atoms. The number of benzene rings is 2. The number of H-pyrrole nitrogens is 1. The van der Waals surface area contributed by atoms with Gasteiger partial charge in [-0.1, -0.05) is 17.3 Å². The Balaban J connectivity index is 1.45. The van der Waals surface area contributed by atoms with Gasteiger partial charge in [-0.05, 0) is 98.4 Å². The van der Waals surface area contributed by atoms with Gasteiger partial charge in [0.05, 0.1) is 18.0 Å². The van der Waals surface area contributed by atoms with Crippen molar-refractivity contribution in [2.24, 2.45) is 5.92 Å². The molecule has 2 aliphatic carbocycles. The molecule has 2 aromatic carbocycles. The number of aryl methyl sites for hydroxylation is 2. The molecule has 2 fully saturated rings. The van der Waals surface area contributed by atoms with Crippen LogP contribution in [0.3, 0.4) is 0 Å². The second kappa shape index (κ2) is 11.6. The van der Waals surface area contributed by atoms with E-state index in [1.54, 1.807) is 42.9 Å². The number of nitriles is 1. The fraction of sp³-hybridized carbons (Fsp3) is 0.500. The van der Waals surface area contributed by atoms with Gasteiger partial charge in [-0.25, -0.2) is 0 Å². The molecule has 240 valence electrons. The number of aromatic amines is 1. The summed E-state index contributed by atoms with van der Waals surface area (Å²) in [5.74, 6) is 0.643. The number of hydrogen-bond acceptors (Lipinski definition) is 8. The van der Waals surface area contributed by atoms with E-state index in [4.69, 9.17) is 0 Å². The Hall–Kier alpha value is -4.63. The summed E-state index contributed by atoms with van der Waals surface area (Å²) in [5, 5.41) is 28.9. The van der Waals surface area contributed by atoms with Crippen LogP contribution < -0.4 is 5.32 Å². The maximum absolute atomic E-state index is 13.5. The summed E-state index contributed by atoms with van der Waals surface area (Å²) >= 11 is 0. The molecule has 3 atom stereocenters. The zero-order valence-corrected chi connectivity index (χ0v) is 27.3. The Morgan fingerprint density at radius 2 is 1.59 bits per heavy atom. The zero-order chi connectivity index (χ0) is 33.0. The van der Waals surface area contributed by atoms with E-state index in [0.717, 1.165) is 35.1 Å². The second-order valence-corrected chi connectivity index (χ2v) is 13.9. The highest BCUT2D eigenvalue weighted by atomic mass is 16.2. The van der Waals surface area contributed by atoms with Gasteiger partial charge >= 0.3 is 0 Å². The highest BCUT2D eigenvalue weighted by molar-refractivity contribution is 5.95. The largest absolute Gasteiger partial charge is 0.345 e. The molecule has 3 aromatic rings. The molecule has 0 unspecified atom stereocenters. The van der Waals surface area contributed by atoms with Crippen molar-refractivity contribution in [1.82, 2.24) is 40.6 Å². The zero-order valence-electron chi connectivity index (χ0n) is 27.3. The molecule has 1 aliphatic heterocycles. The number of nitrogens with zero attached hydrogens (tertiary/aromatic N) is 7. The Labute approximate surface area is 269 Å². The number of hydrogen-bond donors (Lipinski definition) is 2. The van der Waals surface area contributed by atoms with Crippen LogP contribution in [0.5, 0.6) is 0 Å². The maximum Gasteiger partial charge on any atom is 0.253 e. The molecule has 12 heteroatoms. The first kappa shape index (κ1) is 31.4. The van der Waals surface area contributed by atoms with Crippen molar-refractivity contribution in [3.8, 4) is 6.07 Å². The van der Waals surface area contributed by atoms with Crippen molar-refractivity contribution in [3.63, 3.8) is 0 Å². The third kappa shape index (κ3) is 5.42. The van der Waals surface area contributed by atoms with Gasteiger partial charge in [0.25, 0.3) is 11.8 Å². The van der Waals surface area contributed by atoms with E-state index in [1.807, 2.05) is 50.2 Å². The Kier molecular flexibility index (Phi) is 7.92. The minimum atomic E-state index is -0.947. The van der Waals surface area contributed by atoms with E-state index in [1.165, 1.54) is 0 Å². The lowest BCUT2D eigenvalue weighted by Crippen LogP contribution is -2.52. The van der Waals surface area contributed by atoms with Crippen molar-refractivity contribution in [2.45, 2.75) is 69.0 Å². The molecule has 2 N–H and O–H groups in total. The number of aromatic nitrogens is 4. The van der Waals surface area contributed by atoms with Crippen LogP contribution in [0, 0.1) is 17.2 Å². The third-order valence-corrected chi connectivity index (χ3v) is 9.79. The molecule has 1 saturated carbocycles. The van der Waals surface area contributed by atoms with Gasteiger partial charge in [0.15, 0.2) is 5.82 Å². The number of piperidine rings is 1.